The molecular formula is C31H30ClN3O4S. The van der Waals surface area contributed by atoms with Gasteiger partial charge in [-0.2, -0.15) is 0 Å². The lowest BCUT2D eigenvalue weighted by atomic mass is 9.96. The van der Waals surface area contributed by atoms with Gasteiger partial charge in [0, 0.05) is 22.1 Å². The van der Waals surface area contributed by atoms with E-state index < -0.39 is 12.0 Å². The van der Waals surface area contributed by atoms with Gasteiger partial charge in [-0.25, -0.2) is 9.79 Å². The zero-order valence-corrected chi connectivity index (χ0v) is 24.8. The number of hydrogen-bond acceptors (Lipinski definition) is 6. The van der Waals surface area contributed by atoms with Gasteiger partial charge >= 0.3 is 5.97 Å². The third kappa shape index (κ3) is 5.05. The standard InChI is InChI=1S/C31H30ClN3O4S/c1-17(2)39-30(37)27-19(4)33-31-35(28(27)21-10-12-25(38-6)13-11-21)29(36)26(40-31)15-22-14-18(3)34(20(22)5)24-9-7-8-23(32)16-24/h7-17,28H,1-6H3/b26-15+/t28-/m0/s1. The highest BCUT2D eigenvalue weighted by atomic mass is 35.5. The third-order valence-corrected chi connectivity index (χ3v) is 8.06. The summed E-state index contributed by atoms with van der Waals surface area (Å²) in [6, 6.07) is 16.4. The predicted molar refractivity (Wildman–Crippen MR) is 158 cm³/mol. The Bertz CT molecular complexity index is 1830. The molecule has 2 aromatic heterocycles. The van der Waals surface area contributed by atoms with Gasteiger partial charge in [-0.1, -0.05) is 41.1 Å². The van der Waals surface area contributed by atoms with Crippen molar-refractivity contribution in [2.24, 2.45) is 4.99 Å². The van der Waals surface area contributed by atoms with Gasteiger partial charge in [-0.3, -0.25) is 9.36 Å². The van der Waals surface area contributed by atoms with Crippen LogP contribution < -0.4 is 19.6 Å². The first kappa shape index (κ1) is 27.7. The number of halogens is 1. The maximum Gasteiger partial charge on any atom is 0.338 e. The fourth-order valence-electron chi connectivity index (χ4n) is 5.05. The SMILES string of the molecule is COc1ccc([C@H]2C(C(=O)OC(C)C)=C(C)N=c3s/c(=C/c4cc(C)n(-c5cccc(Cl)c5)c4C)c(=O)n32)cc1. The Morgan fingerprint density at radius 2 is 1.82 bits per heavy atom. The lowest BCUT2D eigenvalue weighted by Crippen LogP contribution is -2.40. The minimum Gasteiger partial charge on any atom is -0.497 e. The Balaban J connectivity index is 1.68. The van der Waals surface area contributed by atoms with Gasteiger partial charge in [0.05, 0.1) is 35.1 Å². The number of fused-ring (bicyclic) bond motifs is 1. The van der Waals surface area contributed by atoms with Crippen LogP contribution in [0.3, 0.4) is 0 Å². The molecule has 0 saturated heterocycles. The van der Waals surface area contributed by atoms with Gasteiger partial charge in [0.2, 0.25) is 0 Å². The summed E-state index contributed by atoms with van der Waals surface area (Å²) in [6.45, 7) is 9.41. The summed E-state index contributed by atoms with van der Waals surface area (Å²) >= 11 is 7.55. The van der Waals surface area contributed by atoms with Crippen LogP contribution in [-0.2, 0) is 9.53 Å². The molecule has 1 aliphatic rings. The Labute approximate surface area is 241 Å². The summed E-state index contributed by atoms with van der Waals surface area (Å²) < 4.78 is 15.1. The number of hydrogen-bond donors (Lipinski definition) is 0. The summed E-state index contributed by atoms with van der Waals surface area (Å²) in [5, 5.41) is 0.653. The van der Waals surface area contributed by atoms with Gasteiger partial charge in [-0.05, 0) is 88.2 Å². The molecule has 0 bridgehead atoms. The van der Waals surface area contributed by atoms with Crippen molar-refractivity contribution in [3.05, 3.63) is 113 Å². The van der Waals surface area contributed by atoms with Gasteiger partial charge in [0.15, 0.2) is 4.80 Å². The third-order valence-electron chi connectivity index (χ3n) is 6.84. The van der Waals surface area contributed by atoms with E-state index in [0.29, 0.717) is 31.4 Å². The molecule has 0 amide bonds. The predicted octanol–water partition coefficient (Wildman–Crippen LogP) is 5.26. The smallest absolute Gasteiger partial charge is 0.338 e. The minimum absolute atomic E-state index is 0.223. The fourth-order valence-corrected chi connectivity index (χ4v) is 6.27. The number of nitrogens with zero attached hydrogens (tertiary/aromatic N) is 3. The number of thiazole rings is 1. The van der Waals surface area contributed by atoms with Crippen molar-refractivity contribution in [2.75, 3.05) is 7.11 Å². The molecule has 0 saturated carbocycles. The summed E-state index contributed by atoms with van der Waals surface area (Å²) in [7, 11) is 1.59. The first-order valence-electron chi connectivity index (χ1n) is 12.9. The van der Waals surface area contributed by atoms with E-state index in [1.54, 1.807) is 32.4 Å². The second-order valence-electron chi connectivity index (χ2n) is 9.95. The van der Waals surface area contributed by atoms with Gasteiger partial charge in [0.25, 0.3) is 5.56 Å². The molecule has 0 fully saturated rings. The first-order valence-corrected chi connectivity index (χ1v) is 14.1. The van der Waals surface area contributed by atoms with Crippen molar-refractivity contribution < 1.29 is 14.3 Å². The topological polar surface area (TPSA) is 74.8 Å². The molecule has 9 heteroatoms. The molecular weight excluding hydrogens is 546 g/mol. The molecule has 4 aromatic rings. The number of methoxy groups -OCH3 is 1. The molecule has 0 spiro atoms. The second kappa shape index (κ2) is 10.9. The Morgan fingerprint density at radius 3 is 2.48 bits per heavy atom. The molecule has 0 aliphatic carbocycles. The van der Waals surface area contributed by atoms with Crippen LogP contribution in [0.2, 0.25) is 5.02 Å². The summed E-state index contributed by atoms with van der Waals surface area (Å²) in [5.41, 5.74) is 5.28. The normalized spacial score (nSPS) is 15.3. The molecule has 5 rings (SSSR count). The second-order valence-corrected chi connectivity index (χ2v) is 11.4. The Hall–Kier alpha value is -3.88. The molecule has 7 nitrogen and oxygen atoms in total. The molecule has 3 heterocycles. The molecule has 206 valence electrons. The van der Waals surface area contributed by atoms with E-state index in [2.05, 4.69) is 9.56 Å². The van der Waals surface area contributed by atoms with Crippen molar-refractivity contribution in [3.63, 3.8) is 0 Å². The van der Waals surface area contributed by atoms with Crippen LogP contribution in [0.4, 0.5) is 0 Å². The van der Waals surface area contributed by atoms with Crippen LogP contribution in [0, 0.1) is 13.8 Å². The molecule has 0 radical (unpaired) electrons. The number of rotatable bonds is 6. The number of carbonyl (C=O) groups excluding carboxylic acids is 1. The summed E-state index contributed by atoms with van der Waals surface area (Å²) in [5.74, 6) is 0.189. The largest absolute Gasteiger partial charge is 0.497 e. The van der Waals surface area contributed by atoms with E-state index in [9.17, 15) is 9.59 Å². The number of aromatic nitrogens is 2. The number of carbonyl (C=O) groups is 1. The van der Waals surface area contributed by atoms with Gasteiger partial charge in [0.1, 0.15) is 5.75 Å². The van der Waals surface area contributed by atoms with Crippen molar-refractivity contribution >= 4 is 35.0 Å². The average molecular weight is 576 g/mol. The summed E-state index contributed by atoms with van der Waals surface area (Å²) in [4.78, 5) is 32.5. The molecule has 40 heavy (non-hydrogen) atoms. The highest BCUT2D eigenvalue weighted by molar-refractivity contribution is 7.07. The number of allylic oxidation sites excluding steroid dienone is 1. The van der Waals surface area contributed by atoms with E-state index in [0.717, 1.165) is 28.2 Å². The molecule has 0 unspecified atom stereocenters. The summed E-state index contributed by atoms with van der Waals surface area (Å²) in [6.07, 6.45) is 1.58. The van der Waals surface area contributed by atoms with Crippen molar-refractivity contribution in [1.82, 2.24) is 9.13 Å². The first-order chi connectivity index (χ1) is 19.1. The highest BCUT2D eigenvalue weighted by Crippen LogP contribution is 2.32. The molecule has 1 atom stereocenters. The van der Waals surface area contributed by atoms with Crippen molar-refractivity contribution in [1.29, 1.82) is 0 Å². The number of esters is 1. The van der Waals surface area contributed by atoms with Gasteiger partial charge < -0.3 is 14.0 Å². The monoisotopic (exact) mass is 575 g/mol. The van der Waals surface area contributed by atoms with E-state index in [1.165, 1.54) is 11.3 Å². The van der Waals surface area contributed by atoms with Crippen LogP contribution in [0.25, 0.3) is 11.8 Å². The maximum absolute atomic E-state index is 14.0. The zero-order valence-electron chi connectivity index (χ0n) is 23.2. The highest BCUT2D eigenvalue weighted by Gasteiger charge is 2.33. The number of aryl methyl sites for hydroxylation is 1. The average Bonchev–Trinajstić information content (AvgIpc) is 3.36. The van der Waals surface area contributed by atoms with Crippen molar-refractivity contribution in [2.45, 2.75) is 46.8 Å². The zero-order chi connectivity index (χ0) is 28.7. The van der Waals surface area contributed by atoms with Crippen LogP contribution in [-0.4, -0.2) is 28.3 Å². The van der Waals surface area contributed by atoms with Crippen LogP contribution in [0.5, 0.6) is 5.75 Å². The van der Waals surface area contributed by atoms with E-state index in [-0.39, 0.29) is 11.7 Å². The lowest BCUT2D eigenvalue weighted by Gasteiger charge is -2.25. The van der Waals surface area contributed by atoms with Crippen LogP contribution >= 0.6 is 22.9 Å². The van der Waals surface area contributed by atoms with E-state index in [1.807, 2.05) is 74.5 Å². The number of ether oxygens (including phenoxy) is 2. The Kier molecular flexibility index (Phi) is 7.57. The fraction of sp³-hybridized carbons (Fsp3) is 0.258. The lowest BCUT2D eigenvalue weighted by molar-refractivity contribution is -0.143. The quantitative estimate of drug-likeness (QED) is 0.294. The van der Waals surface area contributed by atoms with Gasteiger partial charge in [-0.15, -0.1) is 0 Å². The van der Waals surface area contributed by atoms with Crippen molar-refractivity contribution in [3.8, 4) is 11.4 Å². The molecule has 2 aromatic carbocycles. The minimum atomic E-state index is -0.686. The van der Waals surface area contributed by atoms with E-state index in [4.69, 9.17) is 21.1 Å². The molecule has 1 aliphatic heterocycles. The van der Waals surface area contributed by atoms with E-state index >= 15 is 0 Å². The molecule has 0 N–H and O–H groups in total. The maximum atomic E-state index is 14.0. The number of benzene rings is 2. The Morgan fingerprint density at radius 1 is 1.10 bits per heavy atom. The van der Waals surface area contributed by atoms with Crippen LogP contribution in [0.15, 0.2) is 75.7 Å². The van der Waals surface area contributed by atoms with Crippen LogP contribution in [0.1, 0.15) is 49.3 Å².